The zero-order chi connectivity index (χ0) is 63.8. The van der Waals surface area contributed by atoms with Gasteiger partial charge >= 0.3 is 0 Å². The van der Waals surface area contributed by atoms with Crippen LogP contribution in [-0.2, 0) is 22.6 Å². The van der Waals surface area contributed by atoms with Crippen molar-refractivity contribution in [3.63, 3.8) is 0 Å². The van der Waals surface area contributed by atoms with E-state index in [2.05, 4.69) is 253 Å². The average Bonchev–Trinajstić information content (AvgIpc) is 4.23. The second-order valence-corrected chi connectivity index (χ2v) is 29.6. The number of likely N-dealkylation sites (tertiary alicyclic amines) is 3. The van der Waals surface area contributed by atoms with Gasteiger partial charge < -0.3 is 19.4 Å². The molecule has 0 aliphatic carbocycles. The van der Waals surface area contributed by atoms with E-state index in [0.717, 1.165) is 98.6 Å². The molecule has 1 aromatic heterocycles. The van der Waals surface area contributed by atoms with Crippen LogP contribution in [0.5, 0.6) is 0 Å². The van der Waals surface area contributed by atoms with E-state index in [9.17, 15) is 4.79 Å². The first-order chi connectivity index (χ1) is 42.2. The van der Waals surface area contributed by atoms with E-state index in [4.69, 9.17) is 4.74 Å². The lowest BCUT2D eigenvalue weighted by Crippen LogP contribution is -2.46. The van der Waals surface area contributed by atoms with Crippen LogP contribution in [0.4, 0.5) is 0 Å². The number of nitrogens with zero attached hydrogens (tertiary/aromatic N) is 8. The Morgan fingerprint density at radius 2 is 0.943 bits per heavy atom. The highest BCUT2D eigenvalue weighted by Crippen LogP contribution is 2.29. The number of aromatic nitrogens is 2. The van der Waals surface area contributed by atoms with Gasteiger partial charge in [0, 0.05) is 97.4 Å². The van der Waals surface area contributed by atoms with Gasteiger partial charge in [0.2, 0.25) is 5.91 Å². The van der Waals surface area contributed by atoms with Crippen LogP contribution in [0.3, 0.4) is 0 Å². The molecule has 5 aliphatic heterocycles. The fourth-order valence-electron chi connectivity index (χ4n) is 12.5. The third-order valence-corrected chi connectivity index (χ3v) is 19.9. The predicted octanol–water partition coefficient (Wildman–Crippen LogP) is 16.4. The van der Waals surface area contributed by atoms with E-state index < -0.39 is 0 Å². The normalized spacial score (nSPS) is 19.2. The first-order valence-electron chi connectivity index (χ1n) is 34.6. The largest absolute Gasteiger partial charge is 0.379 e. The van der Waals surface area contributed by atoms with Gasteiger partial charge in [-0.15, -0.1) is 21.5 Å². The van der Waals surface area contributed by atoms with Crippen molar-refractivity contribution >= 4 is 17.2 Å². The lowest BCUT2D eigenvalue weighted by atomic mass is 9.86. The Labute approximate surface area is 542 Å². The molecule has 0 bridgehead atoms. The maximum Gasteiger partial charge on any atom is 0.222 e. The zero-order valence-electron chi connectivity index (χ0n) is 58.2. The van der Waals surface area contributed by atoms with E-state index >= 15 is 0 Å². The van der Waals surface area contributed by atoms with Crippen molar-refractivity contribution in [2.24, 2.45) is 47.3 Å². The Kier molecular flexibility index (Phi) is 34.8. The number of carbonyl (C=O) groups is 1. The molecule has 0 N–H and O–H groups in total. The van der Waals surface area contributed by atoms with E-state index in [0.29, 0.717) is 47.8 Å². The first-order valence-corrected chi connectivity index (χ1v) is 35.5. The molecule has 10 nitrogen and oxygen atoms in total. The van der Waals surface area contributed by atoms with Crippen molar-refractivity contribution in [3.05, 3.63) is 154 Å². The Hall–Kier alpha value is -4.33. The molecule has 0 saturated carbocycles. The molecule has 0 spiro atoms. The molecule has 490 valence electrons. The lowest BCUT2D eigenvalue weighted by Gasteiger charge is -2.36. The summed E-state index contributed by atoms with van der Waals surface area (Å²) >= 11 is 1.67. The number of piperazine rings is 1. The third kappa shape index (κ3) is 28.9. The molecule has 5 fully saturated rings. The number of carbonyl (C=O) groups excluding carboxylic acids is 1. The van der Waals surface area contributed by atoms with Crippen LogP contribution in [0.1, 0.15) is 179 Å². The summed E-state index contributed by atoms with van der Waals surface area (Å²) in [4.78, 5) is 26.4. The predicted molar refractivity (Wildman–Crippen MR) is 376 cm³/mol. The van der Waals surface area contributed by atoms with Gasteiger partial charge in [0.25, 0.3) is 0 Å². The molecule has 6 heterocycles. The fraction of sp³-hybridized carbons (Fsp3) is 0.649. The quantitative estimate of drug-likeness (QED) is 0.0905. The highest BCUT2D eigenvalue weighted by molar-refractivity contribution is 7.11. The lowest BCUT2D eigenvalue weighted by molar-refractivity contribution is -0.133. The number of rotatable bonds is 17. The number of morpholine rings is 1. The van der Waals surface area contributed by atoms with Crippen LogP contribution >= 0.6 is 11.3 Å². The van der Waals surface area contributed by atoms with Gasteiger partial charge in [-0.25, -0.2) is 0 Å². The molecule has 5 aromatic rings. The molecule has 3 atom stereocenters. The summed E-state index contributed by atoms with van der Waals surface area (Å²) < 4.78 is 5.41. The van der Waals surface area contributed by atoms with Crippen molar-refractivity contribution in [2.45, 2.75) is 166 Å². The minimum absolute atomic E-state index is 0.349. The van der Waals surface area contributed by atoms with E-state index in [1.807, 2.05) is 11.8 Å². The van der Waals surface area contributed by atoms with Crippen LogP contribution in [0.2, 0.25) is 0 Å². The molecular formula is C77H124N8O2S. The Balaban J connectivity index is 0.000000194. The van der Waals surface area contributed by atoms with Crippen LogP contribution in [-0.4, -0.2) is 157 Å². The summed E-state index contributed by atoms with van der Waals surface area (Å²) in [6.07, 6.45) is 7.22. The van der Waals surface area contributed by atoms with E-state index in [1.54, 1.807) is 11.3 Å². The number of hydrogen-bond donors (Lipinski definition) is 0. The molecule has 0 radical (unpaired) electrons. The fourth-order valence-corrected chi connectivity index (χ4v) is 13.2. The Bertz CT molecular complexity index is 2510. The second-order valence-electron chi connectivity index (χ2n) is 28.4. The number of hydrogen-bond acceptors (Lipinski definition) is 10. The Morgan fingerprint density at radius 3 is 1.34 bits per heavy atom. The Morgan fingerprint density at radius 1 is 0.511 bits per heavy atom. The molecule has 11 heteroatoms. The van der Waals surface area contributed by atoms with Crippen LogP contribution < -0.4 is 0 Å². The summed E-state index contributed by atoms with van der Waals surface area (Å²) in [5, 5.41) is 10.1. The summed E-state index contributed by atoms with van der Waals surface area (Å²) in [5.74, 6) is 8.41. The number of ether oxygens (including phenoxy) is 1. The van der Waals surface area contributed by atoms with Crippen molar-refractivity contribution < 1.29 is 9.53 Å². The molecule has 5 saturated heterocycles. The number of aryl methyl sites for hydroxylation is 1. The van der Waals surface area contributed by atoms with Gasteiger partial charge in [-0.05, 0) is 147 Å². The topological polar surface area (TPSA) is 71.5 Å². The molecule has 10 rings (SSSR count). The molecular weight excluding hydrogens is 1100 g/mol. The molecule has 88 heavy (non-hydrogen) atoms. The maximum atomic E-state index is 11.6. The van der Waals surface area contributed by atoms with Crippen LogP contribution in [0, 0.1) is 54.3 Å². The molecule has 5 aliphatic rings. The zero-order valence-corrected chi connectivity index (χ0v) is 59.0. The summed E-state index contributed by atoms with van der Waals surface area (Å²) in [5.41, 5.74) is 5.85. The van der Waals surface area contributed by atoms with Gasteiger partial charge in [-0.3, -0.25) is 19.5 Å². The van der Waals surface area contributed by atoms with Crippen molar-refractivity contribution in [2.75, 3.05) is 112 Å². The molecule has 4 aromatic carbocycles. The number of likely N-dealkylation sites (N-methyl/N-ethyl adjacent to an activating group) is 1. The first kappa shape index (κ1) is 74.4. The van der Waals surface area contributed by atoms with Gasteiger partial charge in [0.1, 0.15) is 10.0 Å². The van der Waals surface area contributed by atoms with Crippen LogP contribution in [0.15, 0.2) is 121 Å². The van der Waals surface area contributed by atoms with E-state index in [1.165, 1.54) is 113 Å². The SMILES string of the molecule is CC(C)C(CN1CCN(C)CC1)c1ccccc1.CC(C)C(CN1CCOCC1)c1ccccc1.CC(C)C1CCN(Cc2ccccc2)C1.CC(C)C1CCN(Cc2ccccc2)CC1.CC(C)CC(=O)N1CCC(C)CC1.Cc1nnc(C(C)C)s1. The maximum absolute atomic E-state index is 11.6. The standard InChI is InChI=1S/C16H26N2.C15H23NO.C15H23N.C14H21N.C11H21NO.C6H10N2S/c1-14(2)16(15-7-5-4-6-8-15)13-18-11-9-17(3)10-12-18;1-13(2)15(14-6-4-3-5-7-14)12-16-8-10-17-11-9-16;1-13(2)15-8-10-16(11-9-15)12-14-6-4-3-5-7-14;1-12(2)14-8-9-15(11-14)10-13-6-4-3-5-7-13;1-9(2)8-11(13)12-6-4-10(3)5-7-12;1-4(2)6-8-7-5(3)9-6/h4-8,14,16H,9-13H2,1-3H3;3-7,13,15H,8-12H2,1-2H3;3-7,13,15H,8-12H2,1-2H3;3-7,12,14H,8-11H2,1-2H3;9-10H,4-8H2,1-3H3;4H,1-3H3. The average molecular weight is 1230 g/mol. The summed E-state index contributed by atoms with van der Waals surface area (Å²) in [6.45, 7) is 51.9. The number of benzene rings is 4. The van der Waals surface area contributed by atoms with Gasteiger partial charge in [0.05, 0.1) is 13.2 Å². The van der Waals surface area contributed by atoms with Gasteiger partial charge in [0.15, 0.2) is 0 Å². The number of amides is 1. The third-order valence-electron chi connectivity index (χ3n) is 18.8. The second kappa shape index (κ2) is 41.2. The molecule has 3 unspecified atom stereocenters. The van der Waals surface area contributed by atoms with E-state index in [-0.39, 0.29) is 0 Å². The van der Waals surface area contributed by atoms with Gasteiger partial charge in [-0.1, -0.05) is 211 Å². The van der Waals surface area contributed by atoms with Crippen molar-refractivity contribution in [1.29, 1.82) is 0 Å². The molecule has 1 amide bonds. The highest BCUT2D eigenvalue weighted by atomic mass is 32.1. The van der Waals surface area contributed by atoms with Crippen LogP contribution in [0.25, 0.3) is 0 Å². The minimum Gasteiger partial charge on any atom is -0.379 e. The highest BCUT2D eigenvalue weighted by Gasteiger charge is 2.27. The summed E-state index contributed by atoms with van der Waals surface area (Å²) in [6, 6.07) is 43.5. The van der Waals surface area contributed by atoms with Crippen molar-refractivity contribution in [1.82, 2.24) is 39.6 Å². The van der Waals surface area contributed by atoms with Gasteiger partial charge in [-0.2, -0.15) is 0 Å². The summed E-state index contributed by atoms with van der Waals surface area (Å²) in [7, 11) is 2.22. The smallest absolute Gasteiger partial charge is 0.222 e. The monoisotopic (exact) mass is 1220 g/mol. The van der Waals surface area contributed by atoms with Crippen molar-refractivity contribution in [3.8, 4) is 0 Å². The number of piperidine rings is 2. The minimum atomic E-state index is 0.349.